The van der Waals surface area contributed by atoms with E-state index in [0.29, 0.717) is 0 Å². The number of carbonyl (C=O) groups is 1. The van der Waals surface area contributed by atoms with Gasteiger partial charge in [0, 0.05) is 0 Å². The second-order valence-electron chi connectivity index (χ2n) is 7.23. The Bertz CT molecular complexity index is 817. The maximum atomic E-state index is 11.8. The maximum Gasteiger partial charge on any atom is 0.310 e. The van der Waals surface area contributed by atoms with Crippen LogP contribution in [0.1, 0.15) is 50.8 Å². The summed E-state index contributed by atoms with van der Waals surface area (Å²) in [6.07, 6.45) is 6.13. The first-order valence-electron chi connectivity index (χ1n) is 8.95. The van der Waals surface area contributed by atoms with E-state index in [1.807, 2.05) is 27.7 Å². The summed E-state index contributed by atoms with van der Waals surface area (Å²) < 4.78 is 11.2. The number of hydrogen-bond donors (Lipinski definition) is 0. The molecule has 1 aliphatic rings. The summed E-state index contributed by atoms with van der Waals surface area (Å²) in [7, 11) is 0. The van der Waals surface area contributed by atoms with Crippen molar-refractivity contribution < 1.29 is 14.3 Å². The fourth-order valence-corrected chi connectivity index (χ4v) is 3.13. The summed E-state index contributed by atoms with van der Waals surface area (Å²) in [5.74, 6) is -0.306. The first kappa shape index (κ1) is 17.7. The van der Waals surface area contributed by atoms with Gasteiger partial charge >= 0.3 is 5.97 Å². The van der Waals surface area contributed by atoms with Crippen LogP contribution in [0.2, 0.25) is 0 Å². The highest BCUT2D eigenvalue weighted by molar-refractivity contribution is 5.95. The first-order valence-corrected chi connectivity index (χ1v) is 8.95. The molecule has 0 bridgehead atoms. The molecule has 0 N–H and O–H groups in total. The standard InChI is InChI=1S/C22H26O3/c1-5-15(2)21(23)24-14-25-22(3,4)19-12-17-10-6-8-16-9-7-11-18(13-19)20(16)17/h6-8,10-13,15H,5,9,14H2,1-4H3. The molecule has 1 aliphatic carbocycles. The molecule has 3 rings (SSSR count). The lowest BCUT2D eigenvalue weighted by atomic mass is 9.87. The van der Waals surface area contributed by atoms with E-state index in [1.54, 1.807) is 0 Å². The summed E-state index contributed by atoms with van der Waals surface area (Å²) in [6, 6.07) is 10.8. The van der Waals surface area contributed by atoms with Gasteiger partial charge in [-0.05, 0) is 66.3 Å². The fraction of sp³-hybridized carbons (Fsp3) is 0.409. The van der Waals surface area contributed by atoms with Gasteiger partial charge in [0.15, 0.2) is 6.79 Å². The molecule has 1 unspecified atom stereocenters. The van der Waals surface area contributed by atoms with Crippen LogP contribution in [0.4, 0.5) is 0 Å². The Morgan fingerprint density at radius 1 is 1.28 bits per heavy atom. The lowest BCUT2D eigenvalue weighted by Gasteiger charge is -2.27. The minimum atomic E-state index is -0.540. The van der Waals surface area contributed by atoms with Crippen LogP contribution in [0.3, 0.4) is 0 Å². The third kappa shape index (κ3) is 3.62. The highest BCUT2D eigenvalue weighted by Gasteiger charge is 2.24. The summed E-state index contributed by atoms with van der Waals surface area (Å²) in [5, 5.41) is 2.55. The van der Waals surface area contributed by atoms with Crippen LogP contribution in [0, 0.1) is 5.92 Å². The van der Waals surface area contributed by atoms with Crippen LogP contribution < -0.4 is 0 Å². The van der Waals surface area contributed by atoms with E-state index in [0.717, 1.165) is 18.4 Å². The van der Waals surface area contributed by atoms with E-state index < -0.39 is 5.60 Å². The Balaban J connectivity index is 1.81. The zero-order valence-electron chi connectivity index (χ0n) is 15.5. The molecule has 3 nitrogen and oxygen atoms in total. The minimum absolute atomic E-state index is 0.0284. The van der Waals surface area contributed by atoms with Crippen molar-refractivity contribution in [3.05, 3.63) is 53.1 Å². The Morgan fingerprint density at radius 3 is 2.84 bits per heavy atom. The van der Waals surface area contributed by atoms with Crippen molar-refractivity contribution in [2.75, 3.05) is 6.79 Å². The summed E-state index contributed by atoms with van der Waals surface area (Å²) in [6.45, 7) is 7.83. The normalized spacial score (nSPS) is 14.6. The molecule has 0 spiro atoms. The average molecular weight is 338 g/mol. The van der Waals surface area contributed by atoms with Gasteiger partial charge in [-0.15, -0.1) is 0 Å². The SMILES string of the molecule is CCC(C)C(=O)OCOC(C)(C)c1cc2c3c(cccc3c1)CC=C2. The van der Waals surface area contributed by atoms with Crippen LogP contribution in [-0.4, -0.2) is 12.8 Å². The van der Waals surface area contributed by atoms with Crippen LogP contribution in [-0.2, 0) is 26.3 Å². The van der Waals surface area contributed by atoms with Crippen LogP contribution >= 0.6 is 0 Å². The molecule has 0 saturated heterocycles. The maximum absolute atomic E-state index is 11.8. The monoisotopic (exact) mass is 338 g/mol. The molecule has 3 heteroatoms. The number of allylic oxidation sites excluding steroid dienone is 1. The van der Waals surface area contributed by atoms with E-state index >= 15 is 0 Å². The van der Waals surface area contributed by atoms with Gasteiger partial charge in [0.05, 0.1) is 11.5 Å². The van der Waals surface area contributed by atoms with Crippen molar-refractivity contribution >= 4 is 22.8 Å². The predicted molar refractivity (Wildman–Crippen MR) is 101 cm³/mol. The Kier molecular flexibility index (Phi) is 4.96. The molecule has 0 fully saturated rings. The lowest BCUT2D eigenvalue weighted by molar-refractivity contribution is -0.174. The van der Waals surface area contributed by atoms with Gasteiger partial charge < -0.3 is 9.47 Å². The van der Waals surface area contributed by atoms with E-state index in [2.05, 4.69) is 42.5 Å². The topological polar surface area (TPSA) is 35.5 Å². The van der Waals surface area contributed by atoms with E-state index in [9.17, 15) is 4.79 Å². The second kappa shape index (κ2) is 7.01. The molecule has 0 saturated carbocycles. The van der Waals surface area contributed by atoms with Crippen LogP contribution in [0.15, 0.2) is 36.4 Å². The molecule has 2 aromatic carbocycles. The average Bonchev–Trinajstić information content (AvgIpc) is 2.61. The molecule has 132 valence electrons. The summed E-state index contributed by atoms with van der Waals surface area (Å²) in [5.41, 5.74) is 3.13. The van der Waals surface area contributed by atoms with Gasteiger partial charge in [-0.3, -0.25) is 4.79 Å². The summed E-state index contributed by atoms with van der Waals surface area (Å²) >= 11 is 0. The molecule has 0 aliphatic heterocycles. The van der Waals surface area contributed by atoms with E-state index in [4.69, 9.17) is 9.47 Å². The Morgan fingerprint density at radius 2 is 2.08 bits per heavy atom. The quantitative estimate of drug-likeness (QED) is 0.536. The molecule has 0 heterocycles. The van der Waals surface area contributed by atoms with Crippen molar-refractivity contribution in [1.82, 2.24) is 0 Å². The van der Waals surface area contributed by atoms with Gasteiger partial charge in [0.25, 0.3) is 0 Å². The van der Waals surface area contributed by atoms with Crippen molar-refractivity contribution in [3.63, 3.8) is 0 Å². The molecule has 1 atom stereocenters. The Labute approximate surface area is 149 Å². The van der Waals surface area contributed by atoms with Gasteiger partial charge in [0.1, 0.15) is 0 Å². The second-order valence-corrected chi connectivity index (χ2v) is 7.23. The van der Waals surface area contributed by atoms with Crippen LogP contribution in [0.5, 0.6) is 0 Å². The molecule has 0 radical (unpaired) electrons. The first-order chi connectivity index (χ1) is 11.9. The van der Waals surface area contributed by atoms with Crippen molar-refractivity contribution in [2.45, 2.75) is 46.1 Å². The van der Waals surface area contributed by atoms with Gasteiger partial charge in [-0.1, -0.05) is 44.2 Å². The molecule has 2 aromatic rings. The molecular formula is C22H26O3. The minimum Gasteiger partial charge on any atom is -0.438 e. The highest BCUT2D eigenvalue weighted by atomic mass is 16.7. The number of benzene rings is 2. The lowest BCUT2D eigenvalue weighted by Crippen LogP contribution is -2.25. The zero-order valence-corrected chi connectivity index (χ0v) is 15.5. The zero-order chi connectivity index (χ0) is 18.0. The van der Waals surface area contributed by atoms with E-state index in [1.165, 1.54) is 21.9 Å². The van der Waals surface area contributed by atoms with Crippen molar-refractivity contribution in [2.24, 2.45) is 5.92 Å². The summed E-state index contributed by atoms with van der Waals surface area (Å²) in [4.78, 5) is 11.8. The Hall–Kier alpha value is -2.13. The predicted octanol–water partition coefficient (Wildman–Crippen LogP) is 5.21. The van der Waals surface area contributed by atoms with Crippen molar-refractivity contribution in [3.8, 4) is 0 Å². The molecule has 0 aromatic heterocycles. The van der Waals surface area contributed by atoms with E-state index in [-0.39, 0.29) is 18.7 Å². The van der Waals surface area contributed by atoms with Gasteiger partial charge in [-0.2, -0.15) is 0 Å². The van der Waals surface area contributed by atoms with Gasteiger partial charge in [-0.25, -0.2) is 0 Å². The van der Waals surface area contributed by atoms with Gasteiger partial charge in [0.2, 0.25) is 0 Å². The van der Waals surface area contributed by atoms with Crippen molar-refractivity contribution in [1.29, 1.82) is 0 Å². The number of hydrogen-bond acceptors (Lipinski definition) is 3. The van der Waals surface area contributed by atoms with Crippen LogP contribution in [0.25, 0.3) is 16.8 Å². The highest BCUT2D eigenvalue weighted by Crippen LogP contribution is 2.34. The smallest absolute Gasteiger partial charge is 0.310 e. The molecular weight excluding hydrogens is 312 g/mol. The number of esters is 1. The largest absolute Gasteiger partial charge is 0.438 e. The molecule has 25 heavy (non-hydrogen) atoms. The number of rotatable bonds is 6. The molecule has 0 amide bonds. The number of carbonyl (C=O) groups excluding carboxylic acids is 1. The number of ether oxygens (including phenoxy) is 2. The third-order valence-corrected chi connectivity index (χ3v) is 5.06. The fourth-order valence-electron chi connectivity index (χ4n) is 3.13. The third-order valence-electron chi connectivity index (χ3n) is 5.06.